The number of aromatic amines is 1. The van der Waals surface area contributed by atoms with Crippen LogP contribution >= 0.6 is 15.9 Å². The van der Waals surface area contributed by atoms with E-state index in [1.165, 1.54) is 6.20 Å². The molecule has 0 spiro atoms. The van der Waals surface area contributed by atoms with Crippen LogP contribution in [0.1, 0.15) is 17.7 Å². The minimum atomic E-state index is -1.02. The highest BCUT2D eigenvalue weighted by atomic mass is 79.9. The summed E-state index contributed by atoms with van der Waals surface area (Å²) in [5.41, 5.74) is 0.932. The summed E-state index contributed by atoms with van der Waals surface area (Å²) in [5.74, 6) is 0. The molecule has 1 fully saturated rings. The second kappa shape index (κ2) is 4.89. The molecule has 0 radical (unpaired) electrons. The lowest BCUT2D eigenvalue weighted by Crippen LogP contribution is -2.31. The zero-order chi connectivity index (χ0) is 14.2. The SMILES string of the molecule is N#Cc1cc(Br)ccc1N1CC[C@@](O)(c2cn[nH]n2)C1. The molecule has 1 aromatic carbocycles. The second-order valence-electron chi connectivity index (χ2n) is 4.83. The van der Waals surface area contributed by atoms with E-state index < -0.39 is 5.60 Å². The van der Waals surface area contributed by atoms with Crippen molar-refractivity contribution < 1.29 is 5.11 Å². The van der Waals surface area contributed by atoms with Crippen molar-refractivity contribution in [3.05, 3.63) is 40.1 Å². The molecule has 0 aliphatic carbocycles. The molecule has 2 N–H and O–H groups in total. The number of benzene rings is 1. The van der Waals surface area contributed by atoms with Gasteiger partial charge in [0.05, 0.1) is 24.0 Å². The van der Waals surface area contributed by atoms with Crippen molar-refractivity contribution in [2.24, 2.45) is 0 Å². The van der Waals surface area contributed by atoms with Gasteiger partial charge in [-0.15, -0.1) is 0 Å². The maximum Gasteiger partial charge on any atom is 0.129 e. The van der Waals surface area contributed by atoms with Crippen LogP contribution in [-0.2, 0) is 5.60 Å². The standard InChI is InChI=1S/C13H12BrN5O/c14-10-1-2-11(9(5-10)6-15)19-4-3-13(20,8-19)12-7-16-18-17-12/h1-2,5,7,20H,3-4,8H2,(H,16,17,18)/t13-/m0/s1. The first-order chi connectivity index (χ1) is 9.62. The van der Waals surface area contributed by atoms with Gasteiger partial charge in [0.25, 0.3) is 0 Å². The van der Waals surface area contributed by atoms with Crippen molar-refractivity contribution in [3.63, 3.8) is 0 Å². The fourth-order valence-corrected chi connectivity index (χ4v) is 2.87. The van der Waals surface area contributed by atoms with E-state index in [0.29, 0.717) is 30.8 Å². The Morgan fingerprint density at radius 1 is 1.50 bits per heavy atom. The Morgan fingerprint density at radius 2 is 2.35 bits per heavy atom. The third-order valence-electron chi connectivity index (χ3n) is 3.56. The lowest BCUT2D eigenvalue weighted by Gasteiger charge is -2.23. The molecule has 1 aliphatic rings. The van der Waals surface area contributed by atoms with Crippen LogP contribution in [-0.4, -0.2) is 33.6 Å². The van der Waals surface area contributed by atoms with E-state index in [1.54, 1.807) is 6.07 Å². The number of rotatable bonds is 2. The summed E-state index contributed by atoms with van der Waals surface area (Å²) in [7, 11) is 0. The number of aromatic nitrogens is 3. The number of hydrogen-bond donors (Lipinski definition) is 2. The minimum Gasteiger partial charge on any atom is -0.381 e. The van der Waals surface area contributed by atoms with E-state index in [-0.39, 0.29) is 0 Å². The highest BCUT2D eigenvalue weighted by Gasteiger charge is 2.40. The van der Waals surface area contributed by atoms with E-state index in [4.69, 9.17) is 0 Å². The molecule has 1 aliphatic heterocycles. The Bertz CT molecular complexity index is 666. The summed E-state index contributed by atoms with van der Waals surface area (Å²) in [5, 5.41) is 30.1. The van der Waals surface area contributed by atoms with Gasteiger partial charge in [-0.05, 0) is 18.2 Å². The van der Waals surface area contributed by atoms with E-state index >= 15 is 0 Å². The van der Waals surface area contributed by atoms with Crippen molar-refractivity contribution in [2.75, 3.05) is 18.0 Å². The lowest BCUT2D eigenvalue weighted by atomic mass is 10.00. The van der Waals surface area contributed by atoms with E-state index in [9.17, 15) is 10.4 Å². The molecule has 0 saturated carbocycles. The van der Waals surface area contributed by atoms with Gasteiger partial charge in [0.1, 0.15) is 17.4 Å². The summed E-state index contributed by atoms with van der Waals surface area (Å²) >= 11 is 3.36. The number of anilines is 1. The summed E-state index contributed by atoms with van der Waals surface area (Å²) in [4.78, 5) is 2.00. The molecule has 0 bridgehead atoms. The Hall–Kier alpha value is -1.91. The number of nitriles is 1. The number of nitrogens with one attached hydrogen (secondary N) is 1. The van der Waals surface area contributed by atoms with Crippen LogP contribution in [0.4, 0.5) is 5.69 Å². The highest BCUT2D eigenvalue weighted by Crippen LogP contribution is 2.35. The molecule has 1 saturated heterocycles. The Morgan fingerprint density at radius 3 is 3.05 bits per heavy atom. The molecule has 20 heavy (non-hydrogen) atoms. The van der Waals surface area contributed by atoms with Crippen LogP contribution < -0.4 is 4.90 Å². The van der Waals surface area contributed by atoms with Gasteiger partial charge in [0.15, 0.2) is 0 Å². The normalized spacial score (nSPS) is 21.9. The number of halogens is 1. The molecule has 3 rings (SSSR count). The summed E-state index contributed by atoms with van der Waals surface area (Å²) in [6.45, 7) is 1.06. The average molecular weight is 334 g/mol. The second-order valence-corrected chi connectivity index (χ2v) is 5.75. The molecule has 2 heterocycles. The molecular weight excluding hydrogens is 322 g/mol. The van der Waals surface area contributed by atoms with Crippen molar-refractivity contribution in [1.82, 2.24) is 15.4 Å². The van der Waals surface area contributed by atoms with Crippen LogP contribution in [0.25, 0.3) is 0 Å². The first-order valence-electron chi connectivity index (χ1n) is 6.16. The molecule has 1 atom stereocenters. The van der Waals surface area contributed by atoms with Crippen LogP contribution in [0.3, 0.4) is 0 Å². The summed E-state index contributed by atoms with van der Waals surface area (Å²) in [6.07, 6.45) is 2.09. The van der Waals surface area contributed by atoms with Crippen LogP contribution in [0.5, 0.6) is 0 Å². The predicted octanol–water partition coefficient (Wildman–Crippen LogP) is 1.54. The third-order valence-corrected chi connectivity index (χ3v) is 4.05. The van der Waals surface area contributed by atoms with Crippen LogP contribution in [0.2, 0.25) is 0 Å². The van der Waals surface area contributed by atoms with Gasteiger partial charge in [-0.25, -0.2) is 0 Å². The molecule has 2 aromatic rings. The number of nitrogens with zero attached hydrogens (tertiary/aromatic N) is 4. The molecule has 1 aromatic heterocycles. The molecular formula is C13H12BrN5O. The average Bonchev–Trinajstić information content (AvgIpc) is 3.09. The van der Waals surface area contributed by atoms with Crippen LogP contribution in [0, 0.1) is 11.3 Å². The molecule has 0 amide bonds. The Kier molecular flexibility index (Phi) is 3.20. The van der Waals surface area contributed by atoms with Crippen molar-refractivity contribution in [2.45, 2.75) is 12.0 Å². The monoisotopic (exact) mass is 333 g/mol. The quantitative estimate of drug-likeness (QED) is 0.870. The highest BCUT2D eigenvalue weighted by molar-refractivity contribution is 9.10. The van der Waals surface area contributed by atoms with Crippen molar-refractivity contribution in [3.8, 4) is 6.07 Å². The smallest absolute Gasteiger partial charge is 0.129 e. The number of H-pyrrole nitrogens is 1. The van der Waals surface area contributed by atoms with Gasteiger partial charge in [-0.3, -0.25) is 0 Å². The van der Waals surface area contributed by atoms with Crippen LogP contribution in [0.15, 0.2) is 28.9 Å². The van der Waals surface area contributed by atoms with Gasteiger partial charge in [-0.1, -0.05) is 15.9 Å². The van der Waals surface area contributed by atoms with Gasteiger partial charge >= 0.3 is 0 Å². The maximum atomic E-state index is 10.6. The molecule has 6 nitrogen and oxygen atoms in total. The lowest BCUT2D eigenvalue weighted by molar-refractivity contribution is 0.0560. The Balaban J connectivity index is 1.90. The predicted molar refractivity (Wildman–Crippen MR) is 76.0 cm³/mol. The van der Waals surface area contributed by atoms with Gasteiger partial charge < -0.3 is 10.0 Å². The van der Waals surface area contributed by atoms with E-state index in [0.717, 1.165) is 10.2 Å². The summed E-state index contributed by atoms with van der Waals surface area (Å²) in [6, 6.07) is 7.75. The first-order valence-corrected chi connectivity index (χ1v) is 6.95. The zero-order valence-corrected chi connectivity index (χ0v) is 12.1. The first kappa shape index (κ1) is 13.1. The van der Waals surface area contributed by atoms with E-state index in [2.05, 4.69) is 37.4 Å². The van der Waals surface area contributed by atoms with Gasteiger partial charge in [0, 0.05) is 17.4 Å². The summed E-state index contributed by atoms with van der Waals surface area (Å²) < 4.78 is 0.865. The van der Waals surface area contributed by atoms with Crippen molar-refractivity contribution in [1.29, 1.82) is 5.26 Å². The molecule has 7 heteroatoms. The number of aliphatic hydroxyl groups is 1. The topological polar surface area (TPSA) is 88.8 Å². The maximum absolute atomic E-state index is 10.6. The third kappa shape index (κ3) is 2.17. The number of hydrogen-bond acceptors (Lipinski definition) is 5. The van der Waals surface area contributed by atoms with E-state index in [1.807, 2.05) is 17.0 Å². The van der Waals surface area contributed by atoms with Crippen molar-refractivity contribution >= 4 is 21.6 Å². The fraction of sp³-hybridized carbons (Fsp3) is 0.308. The largest absolute Gasteiger partial charge is 0.381 e. The molecule has 102 valence electrons. The zero-order valence-electron chi connectivity index (χ0n) is 10.5. The van der Waals surface area contributed by atoms with Gasteiger partial charge in [0.2, 0.25) is 0 Å². The minimum absolute atomic E-state index is 0.399. The Labute approximate surface area is 124 Å². The van der Waals surface area contributed by atoms with Gasteiger partial charge in [-0.2, -0.15) is 20.7 Å². The molecule has 0 unspecified atom stereocenters. The number of β-amino-alcohol motifs (C(OH)–C–C–N with tert-alkyl or cyclic N) is 1. The fourth-order valence-electron chi connectivity index (χ4n) is 2.51.